The lowest BCUT2D eigenvalue weighted by atomic mass is 10.2. The van der Waals surface area contributed by atoms with Gasteiger partial charge in [0.1, 0.15) is 5.70 Å². The van der Waals surface area contributed by atoms with Gasteiger partial charge in [-0.05, 0) is 33.6 Å². The number of methoxy groups -OCH3 is 1. The van der Waals surface area contributed by atoms with Crippen molar-refractivity contribution in [1.29, 1.82) is 0 Å². The van der Waals surface area contributed by atoms with Gasteiger partial charge < -0.3 is 4.74 Å². The molecule has 0 amide bonds. The molecule has 0 unspecified atom stereocenters. The molecular weight excluding hydrogens is 428 g/mol. The Kier molecular flexibility index (Phi) is 6.11. The van der Waals surface area contributed by atoms with E-state index in [0.717, 1.165) is 31.4 Å². The summed E-state index contributed by atoms with van der Waals surface area (Å²) in [6, 6.07) is 12.8. The van der Waals surface area contributed by atoms with Crippen molar-refractivity contribution in [3.8, 4) is 0 Å². The van der Waals surface area contributed by atoms with Crippen LogP contribution in [-0.2, 0) is 19.6 Å². The highest BCUT2D eigenvalue weighted by Gasteiger charge is 2.24. The van der Waals surface area contributed by atoms with Crippen molar-refractivity contribution in [2.45, 2.75) is 4.90 Å². The van der Waals surface area contributed by atoms with Gasteiger partial charge in [-0.25, -0.2) is 13.2 Å². The molecule has 0 bridgehead atoms. The summed E-state index contributed by atoms with van der Waals surface area (Å²) in [5, 5.41) is 10.7. The lowest BCUT2D eigenvalue weighted by Crippen LogP contribution is -2.29. The van der Waals surface area contributed by atoms with Crippen molar-refractivity contribution in [1.82, 2.24) is 4.72 Å². The second-order valence-electron chi connectivity index (χ2n) is 4.90. The van der Waals surface area contributed by atoms with E-state index >= 15 is 0 Å². The van der Waals surface area contributed by atoms with Crippen molar-refractivity contribution in [3.05, 3.63) is 76.0 Å². The minimum absolute atomic E-state index is 0.190. The zero-order valence-electron chi connectivity index (χ0n) is 13.4. The van der Waals surface area contributed by atoms with Gasteiger partial charge in [-0.15, -0.1) is 0 Å². The molecule has 0 spiro atoms. The number of nitrogens with zero attached hydrogens (tertiary/aromatic N) is 1. The lowest BCUT2D eigenvalue weighted by Gasteiger charge is -2.13. The van der Waals surface area contributed by atoms with Gasteiger partial charge in [0, 0.05) is 12.1 Å². The minimum atomic E-state index is -4.17. The Morgan fingerprint density at radius 2 is 1.69 bits per heavy atom. The number of benzene rings is 2. The van der Waals surface area contributed by atoms with Crippen LogP contribution < -0.4 is 4.72 Å². The highest BCUT2D eigenvalue weighted by molar-refractivity contribution is 9.15. The van der Waals surface area contributed by atoms with Crippen molar-refractivity contribution in [2.75, 3.05) is 7.11 Å². The molecule has 0 radical (unpaired) electrons. The monoisotopic (exact) mass is 440 g/mol. The maximum atomic E-state index is 12.5. The number of ether oxygens (including phenoxy) is 1. The Bertz CT molecular complexity index is 956. The first-order chi connectivity index (χ1) is 12.3. The molecule has 10 heteroatoms. The molecule has 0 aliphatic heterocycles. The summed E-state index contributed by atoms with van der Waals surface area (Å²) >= 11 is 3.21. The van der Waals surface area contributed by atoms with Gasteiger partial charge in [-0.1, -0.05) is 30.3 Å². The van der Waals surface area contributed by atoms with E-state index in [1.165, 1.54) is 0 Å². The average Bonchev–Trinajstić information content (AvgIpc) is 2.65. The van der Waals surface area contributed by atoms with Gasteiger partial charge >= 0.3 is 5.97 Å². The average molecular weight is 441 g/mol. The first-order valence-electron chi connectivity index (χ1n) is 7.07. The van der Waals surface area contributed by atoms with Gasteiger partial charge in [-0.2, -0.15) is 0 Å². The quantitative estimate of drug-likeness (QED) is 0.319. The number of carbonyl (C=O) groups excluding carboxylic acids is 1. The number of rotatable bonds is 6. The Labute approximate surface area is 157 Å². The number of nitrogens with one attached hydrogen (secondary N) is 1. The maximum absolute atomic E-state index is 12.5. The predicted molar refractivity (Wildman–Crippen MR) is 97.7 cm³/mol. The van der Waals surface area contributed by atoms with Gasteiger partial charge in [0.05, 0.1) is 21.4 Å². The molecule has 0 aliphatic carbocycles. The van der Waals surface area contributed by atoms with Crippen LogP contribution in [0.2, 0.25) is 0 Å². The molecule has 2 aromatic carbocycles. The molecule has 0 aromatic heterocycles. The van der Waals surface area contributed by atoms with Gasteiger partial charge in [0.25, 0.3) is 15.7 Å². The zero-order valence-corrected chi connectivity index (χ0v) is 15.8. The van der Waals surface area contributed by atoms with Crippen LogP contribution >= 0.6 is 15.9 Å². The van der Waals surface area contributed by atoms with Crippen LogP contribution in [0.25, 0.3) is 4.48 Å². The van der Waals surface area contributed by atoms with E-state index in [2.05, 4.69) is 25.4 Å². The number of nitro groups is 1. The van der Waals surface area contributed by atoms with E-state index in [9.17, 15) is 23.3 Å². The number of esters is 1. The number of carbonyl (C=O) groups is 1. The Morgan fingerprint density at radius 1 is 1.12 bits per heavy atom. The minimum Gasteiger partial charge on any atom is -0.464 e. The van der Waals surface area contributed by atoms with E-state index in [1.54, 1.807) is 30.3 Å². The molecular formula is C16H13BrN2O6S. The number of hydrogen-bond donors (Lipinski definition) is 1. The van der Waals surface area contributed by atoms with Crippen LogP contribution in [0, 0.1) is 10.1 Å². The molecule has 0 saturated carbocycles. The summed E-state index contributed by atoms with van der Waals surface area (Å²) in [5.74, 6) is -0.897. The zero-order chi connectivity index (χ0) is 19.3. The molecule has 0 heterocycles. The summed E-state index contributed by atoms with van der Waals surface area (Å²) < 4.78 is 32.1. The molecule has 0 saturated heterocycles. The van der Waals surface area contributed by atoms with E-state index in [1.807, 2.05) is 0 Å². The van der Waals surface area contributed by atoms with E-state index in [4.69, 9.17) is 0 Å². The first-order valence-corrected chi connectivity index (χ1v) is 9.34. The van der Waals surface area contributed by atoms with Crippen LogP contribution in [0.15, 0.2) is 65.2 Å². The summed E-state index contributed by atoms with van der Waals surface area (Å²) in [6.07, 6.45) is 0. The smallest absolute Gasteiger partial charge is 0.356 e. The summed E-state index contributed by atoms with van der Waals surface area (Å²) in [6.45, 7) is 0. The fourth-order valence-electron chi connectivity index (χ4n) is 1.95. The van der Waals surface area contributed by atoms with E-state index < -0.39 is 20.9 Å². The van der Waals surface area contributed by atoms with Crippen LogP contribution in [0.1, 0.15) is 5.56 Å². The standard InChI is InChI=1S/C16H13BrN2O6S/c1-25-16(20)15(14(17)11-5-3-2-4-6-11)18-26(23,24)13-9-7-12(8-10-13)19(21)22/h2-10,18H,1H3/b15-14-. The van der Waals surface area contributed by atoms with Crippen LogP contribution in [-0.4, -0.2) is 26.4 Å². The number of nitro benzene ring substituents is 1. The van der Waals surface area contributed by atoms with Crippen molar-refractivity contribution in [3.63, 3.8) is 0 Å². The van der Waals surface area contributed by atoms with Gasteiger partial charge in [0.2, 0.25) is 0 Å². The van der Waals surface area contributed by atoms with E-state index in [0.29, 0.717) is 5.56 Å². The first kappa shape index (κ1) is 19.6. The highest BCUT2D eigenvalue weighted by atomic mass is 79.9. The molecule has 0 aliphatic rings. The lowest BCUT2D eigenvalue weighted by molar-refractivity contribution is -0.384. The molecule has 136 valence electrons. The van der Waals surface area contributed by atoms with Crippen molar-refractivity contribution in [2.24, 2.45) is 0 Å². The van der Waals surface area contributed by atoms with Crippen LogP contribution in [0.5, 0.6) is 0 Å². The third-order valence-corrected chi connectivity index (χ3v) is 5.45. The topological polar surface area (TPSA) is 116 Å². The Balaban J connectivity index is 2.45. The van der Waals surface area contributed by atoms with Gasteiger partial charge in [-0.3, -0.25) is 14.8 Å². The molecule has 1 N–H and O–H groups in total. The molecule has 0 fully saturated rings. The second kappa shape index (κ2) is 8.11. The molecule has 0 atom stereocenters. The fraction of sp³-hybridized carbons (Fsp3) is 0.0625. The summed E-state index contributed by atoms with van der Waals surface area (Å²) in [5.41, 5.74) is -0.0190. The highest BCUT2D eigenvalue weighted by Crippen LogP contribution is 2.26. The largest absolute Gasteiger partial charge is 0.464 e. The third kappa shape index (κ3) is 4.46. The molecule has 26 heavy (non-hydrogen) atoms. The van der Waals surface area contributed by atoms with Crippen molar-refractivity contribution < 1.29 is 22.9 Å². The summed E-state index contributed by atoms with van der Waals surface area (Å²) in [4.78, 5) is 21.9. The number of non-ortho nitro benzene ring substituents is 1. The van der Waals surface area contributed by atoms with Crippen LogP contribution in [0.4, 0.5) is 5.69 Å². The second-order valence-corrected chi connectivity index (χ2v) is 7.38. The summed E-state index contributed by atoms with van der Waals surface area (Å²) in [7, 11) is -3.05. The number of sulfonamides is 1. The normalized spacial score (nSPS) is 12.1. The molecule has 2 aromatic rings. The van der Waals surface area contributed by atoms with Crippen LogP contribution in [0.3, 0.4) is 0 Å². The van der Waals surface area contributed by atoms with Gasteiger partial charge in [0.15, 0.2) is 0 Å². The SMILES string of the molecule is COC(=O)/C(NS(=O)(=O)c1ccc([N+](=O)[O-])cc1)=C(/Br)c1ccccc1. The van der Waals surface area contributed by atoms with E-state index in [-0.39, 0.29) is 20.8 Å². The Hall–Kier alpha value is -2.72. The Morgan fingerprint density at radius 3 is 2.19 bits per heavy atom. The number of hydrogen-bond acceptors (Lipinski definition) is 6. The molecule has 2 rings (SSSR count). The van der Waals surface area contributed by atoms with Crippen molar-refractivity contribution >= 4 is 42.1 Å². The number of halogens is 1. The maximum Gasteiger partial charge on any atom is 0.356 e. The molecule has 8 nitrogen and oxygen atoms in total. The predicted octanol–water partition coefficient (Wildman–Crippen LogP) is 2.81. The third-order valence-electron chi connectivity index (χ3n) is 3.23. The fourth-order valence-corrected chi connectivity index (χ4v) is 3.67.